The van der Waals surface area contributed by atoms with Crippen LogP contribution in [0.1, 0.15) is 54.4 Å². The van der Waals surface area contributed by atoms with Crippen LogP contribution in [0.3, 0.4) is 0 Å². The number of rotatable bonds is 10. The first-order chi connectivity index (χ1) is 16.4. The Bertz CT molecular complexity index is 988. The molecule has 0 unspecified atom stereocenters. The highest BCUT2D eigenvalue weighted by molar-refractivity contribution is 5.96. The zero-order valence-corrected chi connectivity index (χ0v) is 19.5. The summed E-state index contributed by atoms with van der Waals surface area (Å²) in [6.45, 7) is 2.29. The third-order valence-corrected chi connectivity index (χ3v) is 6.71. The number of fused-ring (bicyclic) bond motifs is 3. The molecule has 0 bridgehead atoms. The van der Waals surface area contributed by atoms with Crippen molar-refractivity contribution in [2.45, 2.75) is 56.8 Å². The lowest BCUT2D eigenvalue weighted by molar-refractivity contribution is -0.137. The Labute approximate surface area is 198 Å². The minimum absolute atomic E-state index is 0.0622. The predicted molar refractivity (Wildman–Crippen MR) is 123 cm³/mol. The van der Waals surface area contributed by atoms with Crippen molar-refractivity contribution >= 4 is 18.1 Å². The Kier molecular flexibility index (Phi) is 7.23. The minimum atomic E-state index is -1.09. The van der Waals surface area contributed by atoms with Gasteiger partial charge >= 0.3 is 0 Å². The summed E-state index contributed by atoms with van der Waals surface area (Å²) in [6, 6.07) is 2.45. The van der Waals surface area contributed by atoms with Gasteiger partial charge in [0, 0.05) is 36.2 Å². The summed E-state index contributed by atoms with van der Waals surface area (Å²) >= 11 is 0. The van der Waals surface area contributed by atoms with Crippen molar-refractivity contribution in [1.82, 2.24) is 10.2 Å². The van der Waals surface area contributed by atoms with Gasteiger partial charge in [0.2, 0.25) is 11.8 Å². The second kappa shape index (κ2) is 10.1. The second-order valence-corrected chi connectivity index (χ2v) is 9.14. The Hall–Kier alpha value is -2.91. The van der Waals surface area contributed by atoms with Crippen LogP contribution in [0.2, 0.25) is 0 Å². The molecule has 1 aromatic rings. The Morgan fingerprint density at radius 2 is 2.09 bits per heavy atom. The number of methoxy groups -OCH3 is 1. The van der Waals surface area contributed by atoms with Gasteiger partial charge in [0.15, 0.2) is 11.5 Å². The molecular weight excluding hydrogens is 440 g/mol. The van der Waals surface area contributed by atoms with Gasteiger partial charge in [0.1, 0.15) is 18.5 Å². The van der Waals surface area contributed by atoms with Gasteiger partial charge in [-0.25, -0.2) is 0 Å². The zero-order valence-electron chi connectivity index (χ0n) is 19.5. The maximum Gasteiger partial charge on any atom is 0.247 e. The van der Waals surface area contributed by atoms with E-state index in [1.54, 1.807) is 23.1 Å². The first kappa shape index (κ1) is 24.2. The molecule has 0 radical (unpaired) electrons. The highest BCUT2D eigenvalue weighted by Crippen LogP contribution is 2.51. The third kappa shape index (κ3) is 4.54. The van der Waals surface area contributed by atoms with Crippen molar-refractivity contribution < 1.29 is 34.1 Å². The molecule has 3 N–H and O–H groups in total. The van der Waals surface area contributed by atoms with E-state index in [9.17, 15) is 24.6 Å². The molecule has 1 saturated carbocycles. The standard InChI is InChI=1S/C25H32N2O7/c1-3-4-20(30)27(12-14-5-6-14)18-11-17(25(32)26-7-8-28)21-16-9-15(13-29)10-19(33-2)23(16)34-24(21)22(18)31/h9-11,13-14,18,21-22,24,28,31H,3-8,12H2,1-2H3,(H,26,32)/t18-,21+,22+,24+/m1/s1. The molecular formula is C25H32N2O7. The van der Waals surface area contributed by atoms with Crippen LogP contribution in [0.4, 0.5) is 0 Å². The highest BCUT2D eigenvalue weighted by atomic mass is 16.5. The Balaban J connectivity index is 1.79. The molecule has 184 valence electrons. The number of carbonyl (C=O) groups excluding carboxylic acids is 3. The average Bonchev–Trinajstić information content (AvgIpc) is 3.58. The predicted octanol–water partition coefficient (Wildman–Crippen LogP) is 1.17. The first-order valence-corrected chi connectivity index (χ1v) is 11.9. The van der Waals surface area contributed by atoms with Crippen molar-refractivity contribution in [3.63, 3.8) is 0 Å². The van der Waals surface area contributed by atoms with Gasteiger partial charge in [-0.05, 0) is 43.4 Å². The van der Waals surface area contributed by atoms with Crippen LogP contribution in [0.5, 0.6) is 11.5 Å². The molecule has 2 amide bonds. The lowest BCUT2D eigenvalue weighted by atomic mass is 9.77. The maximum absolute atomic E-state index is 13.2. The third-order valence-electron chi connectivity index (χ3n) is 6.71. The molecule has 4 rings (SSSR count). The molecule has 0 spiro atoms. The fourth-order valence-electron chi connectivity index (χ4n) is 4.88. The van der Waals surface area contributed by atoms with Crippen LogP contribution in [0.15, 0.2) is 23.8 Å². The summed E-state index contributed by atoms with van der Waals surface area (Å²) in [7, 11) is 1.46. The van der Waals surface area contributed by atoms with Gasteiger partial charge in [-0.15, -0.1) is 0 Å². The van der Waals surface area contributed by atoms with Gasteiger partial charge in [-0.2, -0.15) is 0 Å². The molecule has 0 saturated heterocycles. The number of nitrogens with zero attached hydrogens (tertiary/aromatic N) is 1. The van der Waals surface area contributed by atoms with E-state index in [4.69, 9.17) is 9.47 Å². The monoisotopic (exact) mass is 472 g/mol. The van der Waals surface area contributed by atoms with Crippen molar-refractivity contribution in [3.05, 3.63) is 34.9 Å². The van der Waals surface area contributed by atoms with E-state index in [0.29, 0.717) is 59.8 Å². The van der Waals surface area contributed by atoms with E-state index in [1.165, 1.54) is 7.11 Å². The van der Waals surface area contributed by atoms with Crippen molar-refractivity contribution in [2.75, 3.05) is 26.8 Å². The van der Waals surface area contributed by atoms with Gasteiger partial charge in [0.25, 0.3) is 0 Å². The number of amides is 2. The van der Waals surface area contributed by atoms with E-state index in [-0.39, 0.29) is 19.1 Å². The summed E-state index contributed by atoms with van der Waals surface area (Å²) in [4.78, 5) is 39.5. The number of aliphatic hydroxyl groups excluding tert-OH is 2. The first-order valence-electron chi connectivity index (χ1n) is 11.9. The van der Waals surface area contributed by atoms with Crippen LogP contribution in [-0.2, 0) is 9.59 Å². The smallest absolute Gasteiger partial charge is 0.247 e. The number of aliphatic hydroxyl groups is 2. The van der Waals surface area contributed by atoms with Crippen LogP contribution >= 0.6 is 0 Å². The molecule has 2 aliphatic carbocycles. The van der Waals surface area contributed by atoms with Gasteiger partial charge < -0.3 is 29.9 Å². The van der Waals surface area contributed by atoms with Crippen LogP contribution < -0.4 is 14.8 Å². The summed E-state index contributed by atoms with van der Waals surface area (Å²) < 4.78 is 11.6. The summed E-state index contributed by atoms with van der Waals surface area (Å²) in [5, 5.41) is 23.3. The van der Waals surface area contributed by atoms with Crippen LogP contribution in [-0.4, -0.2) is 78.3 Å². The number of benzene rings is 1. The lowest BCUT2D eigenvalue weighted by Crippen LogP contribution is -2.56. The largest absolute Gasteiger partial charge is 0.493 e. The molecule has 1 fully saturated rings. The molecule has 0 aromatic heterocycles. The molecule has 1 aliphatic heterocycles. The number of hydrogen-bond donors (Lipinski definition) is 3. The Morgan fingerprint density at radius 3 is 2.71 bits per heavy atom. The molecule has 9 heteroatoms. The number of aldehydes is 1. The maximum atomic E-state index is 13.2. The molecule has 1 heterocycles. The number of hydrogen-bond acceptors (Lipinski definition) is 7. The number of nitrogens with one attached hydrogen (secondary N) is 1. The number of carbonyl (C=O) groups is 3. The fourth-order valence-corrected chi connectivity index (χ4v) is 4.88. The summed E-state index contributed by atoms with van der Waals surface area (Å²) in [6.07, 6.45) is 3.51. The van der Waals surface area contributed by atoms with E-state index in [0.717, 1.165) is 12.8 Å². The minimum Gasteiger partial charge on any atom is -0.493 e. The Morgan fingerprint density at radius 1 is 1.32 bits per heavy atom. The van der Waals surface area contributed by atoms with Crippen LogP contribution in [0.25, 0.3) is 0 Å². The van der Waals surface area contributed by atoms with Crippen molar-refractivity contribution in [2.24, 2.45) is 5.92 Å². The van der Waals surface area contributed by atoms with E-state index < -0.39 is 30.1 Å². The molecule has 4 atom stereocenters. The van der Waals surface area contributed by atoms with Crippen LogP contribution in [0, 0.1) is 5.92 Å². The average molecular weight is 473 g/mol. The SMILES string of the molecule is CCCC(=O)N(CC1CC1)[C@@H]1C=C(C(=O)NCCO)[C@@H]2c3cc(C=O)cc(OC)c3O[C@@H]2[C@H]1O. The molecule has 34 heavy (non-hydrogen) atoms. The van der Waals surface area contributed by atoms with Gasteiger partial charge in [0.05, 0.1) is 25.7 Å². The second-order valence-electron chi connectivity index (χ2n) is 9.14. The normalized spacial score (nSPS) is 24.9. The van der Waals surface area contributed by atoms with E-state index >= 15 is 0 Å². The molecule has 3 aliphatic rings. The molecule has 9 nitrogen and oxygen atoms in total. The molecule has 1 aromatic carbocycles. The van der Waals surface area contributed by atoms with Crippen molar-refractivity contribution in [1.29, 1.82) is 0 Å². The summed E-state index contributed by atoms with van der Waals surface area (Å²) in [5.74, 6) is -0.0376. The van der Waals surface area contributed by atoms with E-state index in [1.807, 2.05) is 6.92 Å². The topological polar surface area (TPSA) is 125 Å². The zero-order chi connectivity index (χ0) is 24.4. The van der Waals surface area contributed by atoms with Gasteiger partial charge in [-0.3, -0.25) is 14.4 Å². The highest BCUT2D eigenvalue weighted by Gasteiger charge is 2.51. The van der Waals surface area contributed by atoms with Crippen molar-refractivity contribution in [3.8, 4) is 11.5 Å². The van der Waals surface area contributed by atoms with Gasteiger partial charge in [-0.1, -0.05) is 6.92 Å². The van der Waals surface area contributed by atoms with E-state index in [2.05, 4.69) is 5.32 Å². The number of ether oxygens (including phenoxy) is 2. The summed E-state index contributed by atoms with van der Waals surface area (Å²) in [5.41, 5.74) is 1.27. The lowest BCUT2D eigenvalue weighted by Gasteiger charge is -2.41. The quantitative estimate of drug-likeness (QED) is 0.437. The fraction of sp³-hybridized carbons (Fsp3) is 0.560.